The Morgan fingerprint density at radius 1 is 1.15 bits per heavy atom. The fourth-order valence-electron chi connectivity index (χ4n) is 3.80. The quantitative estimate of drug-likeness (QED) is 0.577. The fourth-order valence-corrected chi connectivity index (χ4v) is 3.80. The lowest BCUT2D eigenvalue weighted by molar-refractivity contribution is 0.0719. The molecule has 0 radical (unpaired) electrons. The standard InChI is InChI=1S/C23H23F4N3O3/c1-23(2,3)17-9-12(7-8-30(17)22(32)33)20(27)16-5-4-6-18(28-16)29-21(31)19-14(25)10-13(24)11-15(19)26/h4-6,10-11,17H,7-9H2,1-3H3,(H,32,33)(H,28,29,31). The molecule has 1 aromatic carbocycles. The lowest BCUT2D eigenvalue weighted by Gasteiger charge is -2.42. The van der Waals surface area contributed by atoms with Crippen LogP contribution >= 0.6 is 0 Å². The first-order valence-electron chi connectivity index (χ1n) is 10.2. The number of aromatic nitrogens is 1. The van der Waals surface area contributed by atoms with Crippen molar-refractivity contribution in [1.29, 1.82) is 0 Å². The first-order chi connectivity index (χ1) is 15.4. The monoisotopic (exact) mass is 465 g/mol. The summed E-state index contributed by atoms with van der Waals surface area (Å²) in [6.07, 6.45) is -0.724. The Labute approximate surface area is 187 Å². The predicted octanol–water partition coefficient (Wildman–Crippen LogP) is 5.62. The first-order valence-corrected chi connectivity index (χ1v) is 10.2. The molecule has 3 rings (SSSR count). The van der Waals surface area contributed by atoms with Crippen LogP contribution in [0.3, 0.4) is 0 Å². The highest BCUT2D eigenvalue weighted by Gasteiger charge is 2.38. The third-order valence-corrected chi connectivity index (χ3v) is 5.48. The van der Waals surface area contributed by atoms with Crippen molar-refractivity contribution < 1.29 is 32.3 Å². The number of nitrogens with zero attached hydrogens (tertiary/aromatic N) is 2. The van der Waals surface area contributed by atoms with Gasteiger partial charge in [-0.1, -0.05) is 26.8 Å². The van der Waals surface area contributed by atoms with E-state index in [1.54, 1.807) is 0 Å². The molecule has 1 fully saturated rings. The molecule has 6 nitrogen and oxygen atoms in total. The number of nitrogens with one attached hydrogen (secondary N) is 1. The molecule has 1 saturated heterocycles. The number of carbonyl (C=O) groups excluding carboxylic acids is 1. The zero-order valence-corrected chi connectivity index (χ0v) is 18.3. The van der Waals surface area contributed by atoms with Gasteiger partial charge in [-0.25, -0.2) is 27.3 Å². The summed E-state index contributed by atoms with van der Waals surface area (Å²) in [5, 5.41) is 11.7. The van der Waals surface area contributed by atoms with Crippen molar-refractivity contribution in [1.82, 2.24) is 9.88 Å². The minimum Gasteiger partial charge on any atom is -0.465 e. The number of anilines is 1. The number of hydrogen-bond donors (Lipinski definition) is 2. The van der Waals surface area contributed by atoms with Gasteiger partial charge in [0.05, 0.1) is 0 Å². The number of carboxylic acid groups (broad SMARTS) is 1. The van der Waals surface area contributed by atoms with Crippen LogP contribution in [-0.2, 0) is 0 Å². The molecule has 2 amide bonds. The summed E-state index contributed by atoms with van der Waals surface area (Å²) in [6, 6.07) is 4.39. The zero-order chi connectivity index (χ0) is 24.5. The Balaban J connectivity index is 1.86. The van der Waals surface area contributed by atoms with Crippen molar-refractivity contribution in [3.05, 3.63) is 64.6 Å². The molecule has 0 saturated carbocycles. The number of amides is 2. The van der Waals surface area contributed by atoms with E-state index in [1.807, 2.05) is 20.8 Å². The van der Waals surface area contributed by atoms with Gasteiger partial charge < -0.3 is 15.3 Å². The Morgan fingerprint density at radius 2 is 1.79 bits per heavy atom. The van der Waals surface area contributed by atoms with E-state index >= 15 is 4.39 Å². The number of halogens is 4. The molecule has 10 heteroatoms. The topological polar surface area (TPSA) is 82.5 Å². The van der Waals surface area contributed by atoms with E-state index in [-0.39, 0.29) is 30.9 Å². The molecule has 1 aliphatic rings. The highest BCUT2D eigenvalue weighted by atomic mass is 19.1. The van der Waals surface area contributed by atoms with Gasteiger partial charge >= 0.3 is 6.09 Å². The van der Waals surface area contributed by atoms with Gasteiger partial charge in [0.25, 0.3) is 5.91 Å². The second-order valence-electron chi connectivity index (χ2n) is 8.84. The molecular formula is C23H23F4N3O3. The van der Waals surface area contributed by atoms with E-state index in [0.29, 0.717) is 17.7 Å². The zero-order valence-electron chi connectivity index (χ0n) is 18.3. The van der Waals surface area contributed by atoms with Gasteiger partial charge in [-0.15, -0.1) is 0 Å². The smallest absolute Gasteiger partial charge is 0.407 e. The molecule has 1 aromatic heterocycles. The van der Waals surface area contributed by atoms with Crippen LogP contribution in [0.1, 0.15) is 49.7 Å². The van der Waals surface area contributed by atoms with Gasteiger partial charge in [0, 0.05) is 24.7 Å². The van der Waals surface area contributed by atoms with Gasteiger partial charge in [-0.2, -0.15) is 0 Å². The lowest BCUT2D eigenvalue weighted by Crippen LogP contribution is -2.50. The number of piperidine rings is 1. The van der Waals surface area contributed by atoms with Crippen LogP contribution in [0.5, 0.6) is 0 Å². The van der Waals surface area contributed by atoms with Crippen LogP contribution in [0.25, 0.3) is 5.83 Å². The summed E-state index contributed by atoms with van der Waals surface area (Å²) in [5.74, 6) is -5.94. The second-order valence-corrected chi connectivity index (χ2v) is 8.84. The lowest BCUT2D eigenvalue weighted by atomic mass is 9.79. The summed E-state index contributed by atoms with van der Waals surface area (Å²) >= 11 is 0. The molecule has 1 atom stereocenters. The van der Waals surface area contributed by atoms with Crippen molar-refractivity contribution >= 4 is 23.6 Å². The minimum atomic E-state index is -1.38. The Kier molecular flexibility index (Phi) is 6.76. The molecule has 1 unspecified atom stereocenters. The largest absolute Gasteiger partial charge is 0.465 e. The molecule has 0 aliphatic carbocycles. The van der Waals surface area contributed by atoms with Gasteiger partial charge in [-0.3, -0.25) is 4.79 Å². The van der Waals surface area contributed by atoms with E-state index in [0.717, 1.165) is 0 Å². The second kappa shape index (κ2) is 9.21. The van der Waals surface area contributed by atoms with Gasteiger partial charge in [0.2, 0.25) is 0 Å². The van der Waals surface area contributed by atoms with Crippen molar-refractivity contribution in [3.8, 4) is 0 Å². The van der Waals surface area contributed by atoms with Crippen LogP contribution in [0.4, 0.5) is 28.2 Å². The van der Waals surface area contributed by atoms with E-state index in [2.05, 4.69) is 10.3 Å². The average Bonchev–Trinajstić information content (AvgIpc) is 2.71. The van der Waals surface area contributed by atoms with E-state index in [9.17, 15) is 27.9 Å². The van der Waals surface area contributed by atoms with Crippen molar-refractivity contribution in [2.75, 3.05) is 11.9 Å². The molecule has 0 bridgehead atoms. The van der Waals surface area contributed by atoms with Crippen LogP contribution in [0, 0.1) is 22.9 Å². The summed E-state index contributed by atoms with van der Waals surface area (Å²) in [4.78, 5) is 29.2. The van der Waals surface area contributed by atoms with Gasteiger partial charge in [0.1, 0.15) is 40.4 Å². The Hall–Kier alpha value is -3.43. The van der Waals surface area contributed by atoms with Crippen molar-refractivity contribution in [2.24, 2.45) is 5.41 Å². The van der Waals surface area contributed by atoms with Crippen LogP contribution in [0.2, 0.25) is 0 Å². The molecule has 33 heavy (non-hydrogen) atoms. The average molecular weight is 465 g/mol. The number of benzene rings is 1. The van der Waals surface area contributed by atoms with E-state index in [4.69, 9.17) is 0 Å². The fraction of sp³-hybridized carbons (Fsp3) is 0.348. The minimum absolute atomic E-state index is 0.112. The van der Waals surface area contributed by atoms with Gasteiger partial charge in [-0.05, 0) is 36.0 Å². The predicted molar refractivity (Wildman–Crippen MR) is 114 cm³/mol. The summed E-state index contributed by atoms with van der Waals surface area (Å²) in [6.45, 7) is 5.74. The van der Waals surface area contributed by atoms with Crippen molar-refractivity contribution in [3.63, 3.8) is 0 Å². The van der Waals surface area contributed by atoms with E-state index in [1.165, 1.54) is 23.1 Å². The van der Waals surface area contributed by atoms with E-state index < -0.39 is 52.3 Å². The summed E-state index contributed by atoms with van der Waals surface area (Å²) < 4.78 is 56.1. The molecule has 2 heterocycles. The maximum absolute atomic E-state index is 15.3. The number of hydrogen-bond acceptors (Lipinski definition) is 3. The Bertz CT molecular complexity index is 1110. The summed E-state index contributed by atoms with van der Waals surface area (Å²) in [5.41, 5.74) is -1.15. The Morgan fingerprint density at radius 3 is 2.36 bits per heavy atom. The SMILES string of the molecule is CC(C)(C)C1CC(=C(F)c2cccc(NC(=O)c3c(F)cc(F)cc3F)n2)CCN1C(=O)O. The first kappa shape index (κ1) is 24.2. The number of rotatable bonds is 3. The number of carbonyl (C=O) groups is 2. The number of likely N-dealkylation sites (tertiary alicyclic amines) is 1. The highest BCUT2D eigenvalue weighted by Crippen LogP contribution is 2.37. The molecule has 2 aromatic rings. The van der Waals surface area contributed by atoms with Gasteiger partial charge in [0.15, 0.2) is 0 Å². The highest BCUT2D eigenvalue weighted by molar-refractivity contribution is 6.04. The normalized spacial score (nSPS) is 18.2. The molecule has 1 aliphatic heterocycles. The number of pyridine rings is 1. The van der Waals surface area contributed by atoms with Crippen LogP contribution in [-0.4, -0.2) is 39.6 Å². The van der Waals surface area contributed by atoms with Crippen LogP contribution in [0.15, 0.2) is 35.9 Å². The molecule has 176 valence electrons. The summed E-state index contributed by atoms with van der Waals surface area (Å²) in [7, 11) is 0. The van der Waals surface area contributed by atoms with Crippen molar-refractivity contribution in [2.45, 2.75) is 39.7 Å². The third kappa shape index (κ3) is 5.32. The maximum atomic E-state index is 15.3. The third-order valence-electron chi connectivity index (χ3n) is 5.48. The van der Waals surface area contributed by atoms with Crippen LogP contribution < -0.4 is 5.32 Å². The molecular weight excluding hydrogens is 442 g/mol. The maximum Gasteiger partial charge on any atom is 0.407 e. The molecule has 2 N–H and O–H groups in total. The molecule has 0 spiro atoms.